The summed E-state index contributed by atoms with van der Waals surface area (Å²) in [5.41, 5.74) is 1.17. The van der Waals surface area contributed by atoms with Crippen LogP contribution in [0.1, 0.15) is 39.2 Å². The molecule has 0 aromatic heterocycles. The van der Waals surface area contributed by atoms with E-state index in [0.29, 0.717) is 5.75 Å². The second kappa shape index (κ2) is 21.9. The van der Waals surface area contributed by atoms with Gasteiger partial charge in [0.2, 0.25) is 0 Å². The van der Waals surface area contributed by atoms with Crippen molar-refractivity contribution in [2.24, 2.45) is 0 Å². The zero-order valence-electron chi connectivity index (χ0n) is 12.5. The van der Waals surface area contributed by atoms with Gasteiger partial charge in [-0.05, 0) is 19.1 Å². The molecular weight excluding hydrogens is 235 g/mol. The van der Waals surface area contributed by atoms with Gasteiger partial charge in [-0.3, -0.25) is 0 Å². The van der Waals surface area contributed by atoms with Gasteiger partial charge < -0.3 is 25.9 Å². The van der Waals surface area contributed by atoms with E-state index in [1.165, 1.54) is 12.0 Å². The number of phenolic OH excluding ortho intramolecular Hbond substituents is 1. The van der Waals surface area contributed by atoms with E-state index in [4.69, 9.17) is 5.11 Å². The minimum atomic E-state index is 0. The van der Waals surface area contributed by atoms with Crippen molar-refractivity contribution in [3.8, 4) is 5.75 Å². The van der Waals surface area contributed by atoms with Gasteiger partial charge in [0.15, 0.2) is 0 Å². The van der Waals surface area contributed by atoms with Crippen LogP contribution in [0.2, 0.25) is 0 Å². The third kappa shape index (κ3) is 26.3. The Bertz CT molecular complexity index is 184. The maximum Gasteiger partial charge on any atom is 1.00 e. The summed E-state index contributed by atoms with van der Waals surface area (Å²) in [4.78, 5) is 0. The number of aryl methyl sites for hydroxylation is 1. The van der Waals surface area contributed by atoms with Gasteiger partial charge in [0.1, 0.15) is 5.75 Å². The molecule has 1 nitrogen and oxygen atoms in total. The maximum absolute atomic E-state index is 8.76. The first-order valence-corrected chi connectivity index (χ1v) is 5.44. The molecule has 0 saturated heterocycles. The van der Waals surface area contributed by atoms with Crippen molar-refractivity contribution in [3.63, 3.8) is 0 Å². The first kappa shape index (κ1) is 26.3. The molecule has 17 heavy (non-hydrogen) atoms. The number of phenols is 1. The second-order valence-corrected chi connectivity index (χ2v) is 3.15. The van der Waals surface area contributed by atoms with Crippen LogP contribution in [-0.4, -0.2) is 5.11 Å². The summed E-state index contributed by atoms with van der Waals surface area (Å²) in [6.45, 7) is 11.7. The average Bonchev–Trinajstić information content (AvgIpc) is 2.24. The standard InChI is InChI=1S/C7H8O.C4H9.C3H7.CH3.K/c1-6-2-4-7(8)5-3-6;1-3-4-2;1-3-2;;/h2-5,8H,1H3;3H,4H2,1-2H3;1,3H2,2H3;1H3;/q;3*-1;+1. The van der Waals surface area contributed by atoms with Gasteiger partial charge in [0.05, 0.1) is 0 Å². The Morgan fingerprint density at radius 3 is 1.65 bits per heavy atom. The molecule has 1 rings (SSSR count). The van der Waals surface area contributed by atoms with Crippen LogP contribution in [0.4, 0.5) is 0 Å². The normalized spacial score (nSPS) is 7.12. The van der Waals surface area contributed by atoms with Crippen molar-refractivity contribution in [1.29, 1.82) is 0 Å². The molecule has 0 fully saturated rings. The van der Waals surface area contributed by atoms with Gasteiger partial charge in [-0.2, -0.15) is 19.8 Å². The van der Waals surface area contributed by atoms with Gasteiger partial charge in [0.25, 0.3) is 0 Å². The molecule has 0 spiro atoms. The van der Waals surface area contributed by atoms with Gasteiger partial charge >= 0.3 is 51.4 Å². The number of hydrogen-bond donors (Lipinski definition) is 1. The molecule has 0 unspecified atom stereocenters. The first-order chi connectivity index (χ1) is 7.12. The monoisotopic (exact) mass is 262 g/mol. The van der Waals surface area contributed by atoms with Crippen LogP contribution in [0.3, 0.4) is 0 Å². The van der Waals surface area contributed by atoms with Crippen molar-refractivity contribution in [1.82, 2.24) is 0 Å². The molecule has 0 radical (unpaired) electrons. The van der Waals surface area contributed by atoms with E-state index in [9.17, 15) is 0 Å². The molecule has 0 aliphatic rings. The SMILES string of the molecule is C[CH-]CC.Cc1ccc(O)cc1.[CH2-]CC.[CH3-].[K+]. The van der Waals surface area contributed by atoms with Crippen LogP contribution in [0.15, 0.2) is 24.3 Å². The quantitative estimate of drug-likeness (QED) is 0.606. The second-order valence-electron chi connectivity index (χ2n) is 3.15. The number of hydrogen-bond acceptors (Lipinski definition) is 1. The van der Waals surface area contributed by atoms with E-state index < -0.39 is 0 Å². The molecule has 2 heteroatoms. The number of aromatic hydroxyl groups is 1. The maximum atomic E-state index is 8.76. The van der Waals surface area contributed by atoms with Crippen LogP contribution in [0.25, 0.3) is 0 Å². The number of rotatable bonds is 1. The third-order valence-corrected chi connectivity index (χ3v) is 1.44. The third-order valence-electron chi connectivity index (χ3n) is 1.44. The molecule has 1 N–H and O–H groups in total. The Morgan fingerprint density at radius 2 is 1.47 bits per heavy atom. The summed E-state index contributed by atoms with van der Waals surface area (Å²) in [5.74, 6) is 0.329. The van der Waals surface area contributed by atoms with Crippen LogP contribution >= 0.6 is 0 Å². The fraction of sp³-hybridized carbons (Fsp3) is 0.400. The van der Waals surface area contributed by atoms with E-state index in [0.717, 1.165) is 6.42 Å². The van der Waals surface area contributed by atoms with Gasteiger partial charge in [-0.15, -0.1) is 0 Å². The molecule has 0 heterocycles. The summed E-state index contributed by atoms with van der Waals surface area (Å²) < 4.78 is 0. The molecule has 0 atom stereocenters. The zero-order valence-corrected chi connectivity index (χ0v) is 15.6. The molecule has 0 saturated carbocycles. The van der Waals surface area contributed by atoms with E-state index in [-0.39, 0.29) is 58.8 Å². The molecule has 0 aliphatic carbocycles. The largest absolute Gasteiger partial charge is 1.00 e. The van der Waals surface area contributed by atoms with Crippen LogP contribution in [0.5, 0.6) is 5.75 Å². The van der Waals surface area contributed by atoms with Crippen LogP contribution < -0.4 is 51.4 Å². The Morgan fingerprint density at radius 1 is 1.18 bits per heavy atom. The average molecular weight is 262 g/mol. The van der Waals surface area contributed by atoms with E-state index in [2.05, 4.69) is 27.2 Å². The summed E-state index contributed by atoms with van der Waals surface area (Å²) in [6, 6.07) is 7.09. The molecule has 0 bridgehead atoms. The molecule has 0 aliphatic heterocycles. The van der Waals surface area contributed by atoms with E-state index in [1.807, 2.05) is 26.0 Å². The van der Waals surface area contributed by atoms with Crippen LogP contribution in [0, 0.1) is 27.7 Å². The van der Waals surface area contributed by atoms with Gasteiger partial charge in [-0.25, -0.2) is 0 Å². The van der Waals surface area contributed by atoms with Gasteiger partial charge in [0, 0.05) is 0 Å². The Labute approximate surface area is 151 Å². The van der Waals surface area contributed by atoms with E-state index >= 15 is 0 Å². The summed E-state index contributed by atoms with van der Waals surface area (Å²) in [5, 5.41) is 8.76. The predicted molar refractivity (Wildman–Crippen MR) is 75.2 cm³/mol. The predicted octanol–water partition coefficient (Wildman–Crippen LogP) is 2.01. The zero-order chi connectivity index (χ0) is 12.1. The number of unbranched alkanes of at least 4 members (excludes halogenated alkanes) is 1. The fourth-order valence-corrected chi connectivity index (χ4v) is 0.545. The Kier molecular flexibility index (Phi) is 33.8. The summed E-state index contributed by atoms with van der Waals surface area (Å²) in [7, 11) is 0. The minimum absolute atomic E-state index is 0. The summed E-state index contributed by atoms with van der Waals surface area (Å²) in [6.07, 6.45) is 4.32. The molecule has 1 aromatic rings. The molecule has 1 aromatic carbocycles. The molecular formula is C15H27KO-2. The minimum Gasteiger partial charge on any atom is -0.508 e. The smallest absolute Gasteiger partial charge is 0.508 e. The van der Waals surface area contributed by atoms with Crippen molar-refractivity contribution in [2.75, 3.05) is 0 Å². The van der Waals surface area contributed by atoms with Crippen molar-refractivity contribution < 1.29 is 56.5 Å². The molecule has 0 amide bonds. The fourth-order valence-electron chi connectivity index (χ4n) is 0.545. The van der Waals surface area contributed by atoms with Crippen molar-refractivity contribution in [2.45, 2.75) is 40.5 Å². The summed E-state index contributed by atoms with van der Waals surface area (Å²) >= 11 is 0. The Hall–Kier alpha value is 0.656. The van der Waals surface area contributed by atoms with Crippen LogP contribution in [-0.2, 0) is 0 Å². The van der Waals surface area contributed by atoms with Crippen molar-refractivity contribution >= 4 is 0 Å². The Balaban J connectivity index is -0.0000000821. The van der Waals surface area contributed by atoms with E-state index in [1.54, 1.807) is 12.1 Å². The van der Waals surface area contributed by atoms with Gasteiger partial charge in [-0.1, -0.05) is 31.5 Å². The molecule has 96 valence electrons. The topological polar surface area (TPSA) is 20.2 Å². The number of benzene rings is 1. The first-order valence-electron chi connectivity index (χ1n) is 5.44. The van der Waals surface area contributed by atoms with Crippen molar-refractivity contribution in [3.05, 3.63) is 50.6 Å².